The van der Waals surface area contributed by atoms with Gasteiger partial charge in [0.15, 0.2) is 0 Å². The van der Waals surface area contributed by atoms with Crippen molar-refractivity contribution in [3.63, 3.8) is 0 Å². The number of nitrogens with zero attached hydrogens (tertiary/aromatic N) is 1. The quantitative estimate of drug-likeness (QED) is 0.212. The number of aromatic amines is 1. The fraction of sp³-hybridized carbons (Fsp3) is 0.522. The number of aliphatic hydroxyl groups excluding tert-OH is 1. The Morgan fingerprint density at radius 1 is 1.28 bits per heavy atom. The van der Waals surface area contributed by atoms with Crippen LogP contribution in [0.2, 0.25) is 0 Å². The number of esters is 1. The van der Waals surface area contributed by atoms with Crippen LogP contribution in [-0.2, 0) is 23.4 Å². The molecule has 1 fully saturated rings. The first-order valence-corrected chi connectivity index (χ1v) is 13.3. The fourth-order valence-corrected chi connectivity index (χ4v) is 5.09. The van der Waals surface area contributed by atoms with Gasteiger partial charge in [-0.05, 0) is 25.5 Å². The van der Waals surface area contributed by atoms with Gasteiger partial charge in [0.05, 0.1) is 19.3 Å². The predicted octanol–water partition coefficient (Wildman–Crippen LogP) is 1.96. The van der Waals surface area contributed by atoms with E-state index in [9.17, 15) is 24.1 Å². The van der Waals surface area contributed by atoms with Crippen LogP contribution in [0.5, 0.6) is 5.75 Å². The number of ether oxygens (including phenoxy) is 2. The Morgan fingerprint density at radius 3 is 2.67 bits per heavy atom. The summed E-state index contributed by atoms with van der Waals surface area (Å²) in [6, 6.07) is 8.41. The second-order valence-electron chi connectivity index (χ2n) is 8.50. The molecule has 1 aromatic carbocycles. The number of hydrogen-bond donors (Lipinski definition) is 3. The van der Waals surface area contributed by atoms with E-state index in [4.69, 9.17) is 18.5 Å². The lowest BCUT2D eigenvalue weighted by molar-refractivity contribution is -0.145. The summed E-state index contributed by atoms with van der Waals surface area (Å²) in [5.74, 6) is -0.942. The summed E-state index contributed by atoms with van der Waals surface area (Å²) in [6.45, 7) is 4.95. The van der Waals surface area contributed by atoms with Gasteiger partial charge in [0, 0.05) is 18.2 Å². The molecule has 0 spiro atoms. The molecular formula is C23H32N3O9P. The largest absolute Gasteiger partial charge is 0.465 e. The molecule has 0 saturated carbocycles. The van der Waals surface area contributed by atoms with Crippen molar-refractivity contribution in [3.8, 4) is 5.75 Å². The molecule has 3 rings (SSSR count). The normalized spacial score (nSPS) is 24.1. The minimum Gasteiger partial charge on any atom is -0.465 e. The molecule has 1 aliphatic heterocycles. The highest BCUT2D eigenvalue weighted by Gasteiger charge is 2.44. The first-order chi connectivity index (χ1) is 17.1. The van der Waals surface area contributed by atoms with E-state index < -0.39 is 55.4 Å². The lowest BCUT2D eigenvalue weighted by Crippen LogP contribution is -2.36. The maximum Gasteiger partial charge on any atom is 0.459 e. The van der Waals surface area contributed by atoms with Gasteiger partial charge < -0.3 is 19.1 Å². The molecule has 6 atom stereocenters. The third-order valence-corrected chi connectivity index (χ3v) is 7.28. The van der Waals surface area contributed by atoms with Crippen LogP contribution in [-0.4, -0.2) is 52.1 Å². The Labute approximate surface area is 208 Å². The zero-order chi connectivity index (χ0) is 26.3. The molecule has 1 aromatic heterocycles. The summed E-state index contributed by atoms with van der Waals surface area (Å²) in [7, 11) is -4.15. The second kappa shape index (κ2) is 12.5. The van der Waals surface area contributed by atoms with Crippen molar-refractivity contribution in [2.45, 2.75) is 58.1 Å². The Balaban J connectivity index is 1.72. The summed E-state index contributed by atoms with van der Waals surface area (Å²) in [5.41, 5.74) is -1.25. The van der Waals surface area contributed by atoms with Crippen LogP contribution in [0.1, 0.15) is 39.8 Å². The van der Waals surface area contributed by atoms with E-state index in [1.54, 1.807) is 37.3 Å². The summed E-state index contributed by atoms with van der Waals surface area (Å²) >= 11 is 0. The molecule has 0 radical (unpaired) electrons. The van der Waals surface area contributed by atoms with Crippen molar-refractivity contribution in [2.24, 2.45) is 5.92 Å². The maximum atomic E-state index is 13.6. The van der Waals surface area contributed by atoms with E-state index in [-0.39, 0.29) is 19.0 Å². The lowest BCUT2D eigenvalue weighted by atomic mass is 10.0. The first-order valence-electron chi connectivity index (χ1n) is 11.7. The van der Waals surface area contributed by atoms with Gasteiger partial charge in [0.1, 0.15) is 24.1 Å². The Kier molecular flexibility index (Phi) is 9.63. The highest BCUT2D eigenvalue weighted by molar-refractivity contribution is 7.52. The first kappa shape index (κ1) is 27.8. The average molecular weight is 525 g/mol. The van der Waals surface area contributed by atoms with Crippen LogP contribution in [0.3, 0.4) is 0 Å². The standard InChI is InChI=1S/C23H32N3O9P/c1-4-5-13-32-22(29)16(3)25-36(31,35-17-9-7-6-8-10-17)33-14-18-20(28)15(2)21(34-18)26-12-11-19(27)24-23(26)30/h6-12,15-16,18,20-21,28H,4-5,13-14H2,1-3H3,(H,25,31)(H,24,27,30)/t15-,16+,18+,20-,21?,36-/m0/s1. The topological polar surface area (TPSA) is 158 Å². The number of carbonyl (C=O) groups excluding carboxylic acids is 1. The number of carbonyl (C=O) groups is 1. The van der Waals surface area contributed by atoms with Crippen LogP contribution in [0.25, 0.3) is 0 Å². The number of aliphatic hydroxyl groups is 1. The summed E-state index contributed by atoms with van der Waals surface area (Å²) < 4.78 is 37.0. The third kappa shape index (κ3) is 7.14. The highest BCUT2D eigenvalue weighted by Crippen LogP contribution is 2.46. The van der Waals surface area contributed by atoms with Gasteiger partial charge in [-0.1, -0.05) is 38.5 Å². The van der Waals surface area contributed by atoms with E-state index in [0.29, 0.717) is 6.42 Å². The molecule has 1 unspecified atom stereocenters. The fourth-order valence-electron chi connectivity index (χ4n) is 3.59. The number of aromatic nitrogens is 2. The van der Waals surface area contributed by atoms with Crippen molar-refractivity contribution in [1.29, 1.82) is 0 Å². The molecule has 2 heterocycles. The number of rotatable bonds is 12. The number of hydrogen-bond acceptors (Lipinski definition) is 9. The second-order valence-corrected chi connectivity index (χ2v) is 10.2. The Hall–Kier alpha value is -2.76. The van der Waals surface area contributed by atoms with E-state index in [0.717, 1.165) is 11.0 Å². The van der Waals surface area contributed by atoms with Gasteiger partial charge in [-0.3, -0.25) is 23.7 Å². The molecule has 0 aliphatic carbocycles. The monoisotopic (exact) mass is 525 g/mol. The predicted molar refractivity (Wildman–Crippen MR) is 129 cm³/mol. The van der Waals surface area contributed by atoms with Crippen LogP contribution in [0.4, 0.5) is 0 Å². The Morgan fingerprint density at radius 2 is 2.00 bits per heavy atom. The molecule has 1 aliphatic rings. The molecule has 36 heavy (non-hydrogen) atoms. The van der Waals surface area contributed by atoms with E-state index in [1.165, 1.54) is 19.2 Å². The number of nitrogens with one attached hydrogen (secondary N) is 2. The number of para-hydroxylation sites is 1. The molecule has 198 valence electrons. The summed E-state index contributed by atoms with van der Waals surface area (Å²) in [4.78, 5) is 38.0. The molecule has 2 aromatic rings. The van der Waals surface area contributed by atoms with Crippen LogP contribution in [0, 0.1) is 5.92 Å². The lowest BCUT2D eigenvalue weighted by Gasteiger charge is -2.24. The molecule has 0 amide bonds. The molecule has 3 N–H and O–H groups in total. The number of H-pyrrole nitrogens is 1. The van der Waals surface area contributed by atoms with Crippen molar-refractivity contribution in [1.82, 2.24) is 14.6 Å². The van der Waals surface area contributed by atoms with Gasteiger partial charge in [-0.25, -0.2) is 9.36 Å². The molecular weight excluding hydrogens is 493 g/mol. The minimum absolute atomic E-state index is 0.234. The van der Waals surface area contributed by atoms with Gasteiger partial charge in [-0.2, -0.15) is 5.09 Å². The maximum absolute atomic E-state index is 13.6. The molecule has 1 saturated heterocycles. The zero-order valence-corrected chi connectivity index (χ0v) is 21.3. The SMILES string of the molecule is CCCCOC(=O)[C@@H](C)N[P@](=O)(OC[C@H]1OC(n2ccc(=O)[nH]c2=O)[C@@H](C)[C@@H]1O)Oc1ccccc1. The van der Waals surface area contributed by atoms with Gasteiger partial charge in [0.2, 0.25) is 0 Å². The van der Waals surface area contributed by atoms with Gasteiger partial charge >= 0.3 is 19.4 Å². The third-order valence-electron chi connectivity index (χ3n) is 5.63. The smallest absolute Gasteiger partial charge is 0.459 e. The van der Waals surface area contributed by atoms with Crippen molar-refractivity contribution in [2.75, 3.05) is 13.2 Å². The summed E-state index contributed by atoms with van der Waals surface area (Å²) in [6.07, 6.45) is -0.146. The van der Waals surface area contributed by atoms with Crippen LogP contribution in [0.15, 0.2) is 52.2 Å². The Bertz CT molecular complexity index is 1170. The number of benzene rings is 1. The van der Waals surface area contributed by atoms with Crippen LogP contribution >= 0.6 is 7.75 Å². The number of unbranched alkanes of at least 4 members (excludes halogenated alkanes) is 1. The van der Waals surface area contributed by atoms with E-state index in [2.05, 4.69) is 10.1 Å². The molecule has 13 heteroatoms. The zero-order valence-electron chi connectivity index (χ0n) is 20.4. The van der Waals surface area contributed by atoms with Crippen molar-refractivity contribution in [3.05, 3.63) is 63.4 Å². The van der Waals surface area contributed by atoms with E-state index >= 15 is 0 Å². The van der Waals surface area contributed by atoms with Crippen molar-refractivity contribution < 1.29 is 33.0 Å². The average Bonchev–Trinajstić information content (AvgIpc) is 3.12. The molecule has 0 bridgehead atoms. The molecule has 12 nitrogen and oxygen atoms in total. The summed E-state index contributed by atoms with van der Waals surface area (Å²) in [5, 5.41) is 13.3. The minimum atomic E-state index is -4.15. The van der Waals surface area contributed by atoms with Crippen LogP contribution < -0.4 is 20.9 Å². The van der Waals surface area contributed by atoms with Gasteiger partial charge in [0.25, 0.3) is 5.56 Å². The van der Waals surface area contributed by atoms with Gasteiger partial charge in [-0.15, -0.1) is 0 Å². The van der Waals surface area contributed by atoms with Crippen molar-refractivity contribution >= 4 is 13.7 Å². The van der Waals surface area contributed by atoms with E-state index in [1.807, 2.05) is 6.92 Å². The highest BCUT2D eigenvalue weighted by atomic mass is 31.2.